The molecular formula is C44H48N10O12S. The zero-order valence-electron chi connectivity index (χ0n) is 37.7. The first-order valence-electron chi connectivity index (χ1n) is 21.1. The van der Waals surface area contributed by atoms with Crippen molar-refractivity contribution in [2.24, 2.45) is 0 Å². The van der Waals surface area contributed by atoms with Crippen molar-refractivity contribution >= 4 is 77.4 Å². The maximum atomic E-state index is 13.2. The van der Waals surface area contributed by atoms with Gasteiger partial charge in [0.25, 0.3) is 10.1 Å². The molecule has 22 nitrogen and oxygen atoms in total. The van der Waals surface area contributed by atoms with Gasteiger partial charge in [0, 0.05) is 54.3 Å². The molecule has 7 rings (SSSR count). The maximum absolute atomic E-state index is 13.2. The summed E-state index contributed by atoms with van der Waals surface area (Å²) >= 11 is 0. The largest absolute Gasteiger partial charge is 0.481 e. The van der Waals surface area contributed by atoms with Crippen molar-refractivity contribution in [2.45, 2.75) is 93.3 Å². The number of aryl methyl sites for hydroxylation is 5. The fourth-order valence-corrected chi connectivity index (χ4v) is 9.39. The monoisotopic (exact) mass is 940 g/mol. The van der Waals surface area contributed by atoms with Gasteiger partial charge in [-0.15, -0.1) is 0 Å². The fraction of sp³-hybridized carbons (Fsp3) is 0.364. The molecule has 0 aliphatic carbocycles. The number of aromatic nitrogens is 8. The Morgan fingerprint density at radius 1 is 0.746 bits per heavy atom. The van der Waals surface area contributed by atoms with Crippen LogP contribution in [0, 0.1) is 47.9 Å². The van der Waals surface area contributed by atoms with Crippen molar-refractivity contribution in [3.8, 4) is 0 Å². The highest BCUT2D eigenvalue weighted by atomic mass is 32.2. The number of allylic oxidation sites excluding steroid dienone is 3. The quantitative estimate of drug-likeness (QED) is 0.0308. The maximum Gasteiger partial charge on any atom is 0.342 e. The van der Waals surface area contributed by atoms with Gasteiger partial charge in [0.2, 0.25) is 0 Å². The minimum atomic E-state index is -4.81. The average Bonchev–Trinajstić information content (AvgIpc) is 4.07. The highest BCUT2D eigenvalue weighted by Crippen LogP contribution is 2.38. The van der Waals surface area contributed by atoms with Crippen molar-refractivity contribution in [1.29, 1.82) is 0 Å². The van der Waals surface area contributed by atoms with Crippen LogP contribution >= 0.6 is 0 Å². The molecule has 0 amide bonds. The topological polar surface area (TPSA) is 306 Å². The number of imidazole rings is 2. The lowest BCUT2D eigenvalue weighted by atomic mass is 10.00. The van der Waals surface area contributed by atoms with Crippen LogP contribution in [0.4, 0.5) is 11.6 Å². The number of carboxylic acids is 1. The molecule has 0 spiro atoms. The predicted molar refractivity (Wildman–Crippen MR) is 245 cm³/mol. The van der Waals surface area contributed by atoms with Gasteiger partial charge in [0.15, 0.2) is 11.6 Å². The van der Waals surface area contributed by atoms with Gasteiger partial charge in [0.1, 0.15) is 37.0 Å². The molecule has 0 radical (unpaired) electrons. The number of ether oxygens (including phenoxy) is 2. The summed E-state index contributed by atoms with van der Waals surface area (Å²) in [6, 6.07) is 6.70. The number of aliphatic carboxylic acids is 1. The lowest BCUT2D eigenvalue weighted by Gasteiger charge is -2.14. The summed E-state index contributed by atoms with van der Waals surface area (Å²) in [4.78, 5) is 71.3. The molecule has 2 aliphatic rings. The van der Waals surface area contributed by atoms with E-state index in [4.69, 9.17) is 14.5 Å². The van der Waals surface area contributed by atoms with Gasteiger partial charge in [-0.05, 0) is 115 Å². The number of nitro groups is 2. The van der Waals surface area contributed by atoms with Crippen molar-refractivity contribution in [1.82, 2.24) is 39.0 Å². The van der Waals surface area contributed by atoms with Crippen LogP contribution in [0.1, 0.15) is 103 Å². The second-order valence-electron chi connectivity index (χ2n) is 16.2. The van der Waals surface area contributed by atoms with Crippen LogP contribution in [0.15, 0.2) is 36.7 Å². The summed E-state index contributed by atoms with van der Waals surface area (Å²) in [5.41, 5.74) is 7.26. The molecular weight excluding hydrogens is 893 g/mol. The molecule has 67 heavy (non-hydrogen) atoms. The molecule has 0 fully saturated rings. The molecule has 23 heteroatoms. The third-order valence-corrected chi connectivity index (χ3v) is 13.1. The number of carbonyl (C=O) groups is 2. The Balaban J connectivity index is 1.37. The highest BCUT2D eigenvalue weighted by Gasteiger charge is 2.29. The highest BCUT2D eigenvalue weighted by molar-refractivity contribution is 7.95. The van der Waals surface area contributed by atoms with Gasteiger partial charge in [-0.25, -0.2) is 29.1 Å². The normalized spacial score (nSPS) is 13.4. The summed E-state index contributed by atoms with van der Waals surface area (Å²) in [7, 11) is -4.81. The third-order valence-electron chi connectivity index (χ3n) is 12.1. The van der Waals surface area contributed by atoms with Crippen molar-refractivity contribution in [2.75, 3.05) is 13.2 Å². The Morgan fingerprint density at radius 3 is 1.90 bits per heavy atom. The minimum Gasteiger partial charge on any atom is -0.481 e. The van der Waals surface area contributed by atoms with Crippen molar-refractivity contribution < 1.29 is 47.0 Å². The van der Waals surface area contributed by atoms with Crippen LogP contribution in [0.3, 0.4) is 0 Å². The first-order valence-corrected chi connectivity index (χ1v) is 22.5. The Bertz CT molecular complexity index is 3230. The van der Waals surface area contributed by atoms with E-state index in [9.17, 15) is 47.9 Å². The van der Waals surface area contributed by atoms with E-state index < -0.39 is 42.9 Å². The summed E-state index contributed by atoms with van der Waals surface area (Å²) in [5.74, 6) is -1.16. The van der Waals surface area contributed by atoms with E-state index in [0.717, 1.165) is 6.20 Å². The number of carboxylic acid groups (broad SMARTS) is 1. The number of carbonyl (C=O) groups excluding carboxylic acids is 1. The Hall–Kier alpha value is -7.37. The number of nitrogens with zero attached hydrogens (tertiary/aromatic N) is 8. The standard InChI is InChI=1S/C44H48N10O12S/c1-22-29(8-10-41(55)56)35-19-36-30(9-11-42(57)66-15-13-52-28(7)46-21-40(52)54(60)61)23(2)32(48-36)17-37-43(26(5)65-14-12-51-27(6)45-20-39(51)53(58)59)24(3)33(49-37)18-38-44(67(62,63)64)25(4)34(50-38)16-31(22)47-35/h16-21,26,47,49H,8-15H2,1-7H3,(H,55,56)(H,62,63,64). The third kappa shape index (κ3) is 9.78. The number of hydrogen-bond acceptors (Lipinski definition) is 14. The van der Waals surface area contributed by atoms with E-state index >= 15 is 0 Å². The molecule has 0 saturated heterocycles. The molecule has 1 atom stereocenters. The number of aromatic amines is 2. The molecule has 0 aromatic carbocycles. The zero-order valence-corrected chi connectivity index (χ0v) is 38.5. The van der Waals surface area contributed by atoms with Gasteiger partial charge < -0.3 is 44.8 Å². The molecule has 5 aromatic heterocycles. The second-order valence-corrected chi connectivity index (χ2v) is 17.6. The van der Waals surface area contributed by atoms with Crippen LogP contribution in [0.25, 0.3) is 43.7 Å². The van der Waals surface area contributed by atoms with E-state index in [-0.39, 0.29) is 80.6 Å². The van der Waals surface area contributed by atoms with E-state index in [1.54, 1.807) is 52.8 Å². The lowest BCUT2D eigenvalue weighted by molar-refractivity contribution is -0.392. The summed E-state index contributed by atoms with van der Waals surface area (Å²) in [6.07, 6.45) is 1.65. The van der Waals surface area contributed by atoms with E-state index in [0.29, 0.717) is 78.5 Å². The Morgan fingerprint density at radius 2 is 1.28 bits per heavy atom. The molecule has 2 aliphatic heterocycles. The van der Waals surface area contributed by atoms with E-state index in [2.05, 4.69) is 24.9 Å². The lowest BCUT2D eigenvalue weighted by Crippen LogP contribution is -2.13. The zero-order chi connectivity index (χ0) is 48.6. The van der Waals surface area contributed by atoms with E-state index in [1.807, 2.05) is 6.92 Å². The van der Waals surface area contributed by atoms with E-state index in [1.165, 1.54) is 28.3 Å². The number of H-pyrrole nitrogens is 2. The van der Waals surface area contributed by atoms with Crippen molar-refractivity contribution in [3.05, 3.63) is 114 Å². The second kappa shape index (κ2) is 18.9. The van der Waals surface area contributed by atoms with Crippen LogP contribution in [-0.2, 0) is 48.7 Å². The smallest absolute Gasteiger partial charge is 0.342 e. The molecule has 8 bridgehead atoms. The molecule has 4 N–H and O–H groups in total. The number of nitrogens with one attached hydrogen (secondary N) is 2. The van der Waals surface area contributed by atoms with Gasteiger partial charge in [-0.3, -0.25) is 14.1 Å². The van der Waals surface area contributed by atoms with Gasteiger partial charge in [-0.1, -0.05) is 0 Å². The molecule has 5 aromatic rings. The summed E-state index contributed by atoms with van der Waals surface area (Å²) in [6.45, 7) is 12.1. The molecule has 352 valence electrons. The van der Waals surface area contributed by atoms with Gasteiger partial charge >= 0.3 is 23.6 Å². The van der Waals surface area contributed by atoms with Crippen molar-refractivity contribution in [3.63, 3.8) is 0 Å². The molecule has 0 saturated carbocycles. The SMILES string of the molecule is CC1=C(CCC(=O)OCCn2c([N+](=O)[O-])cnc2C)c2cc3[nH]c(cc4nc(cc5[nH]c(cc1n2)c(C(C)OCCn1c([N+](=O)[O-])cnc1C)c5C)C(S(=O)(=O)O)=C4C)c(C)c3CCC(=O)O. The summed E-state index contributed by atoms with van der Waals surface area (Å²) < 4.78 is 51.1. The Kier molecular flexibility index (Phi) is 13.4. The first kappa shape index (κ1) is 47.6. The fourth-order valence-electron chi connectivity index (χ4n) is 8.53. The minimum absolute atomic E-state index is 0.0221. The van der Waals surface area contributed by atoms with Crippen LogP contribution < -0.4 is 0 Å². The number of esters is 1. The number of hydrogen-bond donors (Lipinski definition) is 4. The number of rotatable bonds is 17. The van der Waals surface area contributed by atoms with Crippen LogP contribution in [0.2, 0.25) is 0 Å². The predicted octanol–water partition coefficient (Wildman–Crippen LogP) is 7.28. The Labute approximate surface area is 382 Å². The van der Waals surface area contributed by atoms with Crippen LogP contribution in [0.5, 0.6) is 0 Å². The molecule has 7 heterocycles. The summed E-state index contributed by atoms with van der Waals surface area (Å²) in [5, 5.41) is 32.8. The molecule has 1 unspecified atom stereocenters. The van der Waals surface area contributed by atoms with Gasteiger partial charge in [0.05, 0.1) is 35.5 Å². The number of fused-ring (bicyclic) bond motifs is 8. The first-order chi connectivity index (χ1) is 31.6. The van der Waals surface area contributed by atoms with Gasteiger partial charge in [-0.2, -0.15) is 8.42 Å². The average molecular weight is 941 g/mol. The van der Waals surface area contributed by atoms with Crippen LogP contribution in [-0.4, -0.2) is 92.1 Å².